The molecule has 16 atom stereocenters. The van der Waals surface area contributed by atoms with Gasteiger partial charge in [-0.3, -0.25) is 19.2 Å². The number of carbonyl (C=O) groups is 4. The molecule has 5 rings (SSSR count). The molecular formula is C44H72O12. The van der Waals surface area contributed by atoms with Crippen LogP contribution in [0.25, 0.3) is 0 Å². The third kappa shape index (κ3) is 11.9. The number of carbonyl (C=O) groups excluding carboxylic acids is 4. The molecule has 0 spiro atoms. The van der Waals surface area contributed by atoms with Crippen molar-refractivity contribution in [3.05, 3.63) is 0 Å². The van der Waals surface area contributed by atoms with Crippen LogP contribution in [0.15, 0.2) is 0 Å². The largest absolute Gasteiger partial charge is 0.462 e. The van der Waals surface area contributed by atoms with Crippen molar-refractivity contribution in [2.45, 2.75) is 225 Å². The van der Waals surface area contributed by atoms with Gasteiger partial charge in [-0.15, -0.1) is 0 Å². The van der Waals surface area contributed by atoms with Crippen molar-refractivity contribution in [1.29, 1.82) is 0 Å². The Balaban J connectivity index is 1.24. The van der Waals surface area contributed by atoms with Crippen LogP contribution >= 0.6 is 0 Å². The maximum absolute atomic E-state index is 13.5. The van der Waals surface area contributed by atoms with E-state index in [4.69, 9.17) is 37.9 Å². The van der Waals surface area contributed by atoms with Crippen LogP contribution in [-0.2, 0) is 57.1 Å². The van der Waals surface area contributed by atoms with Gasteiger partial charge in [-0.25, -0.2) is 0 Å². The maximum atomic E-state index is 13.5. The van der Waals surface area contributed by atoms with E-state index in [1.165, 1.54) is 0 Å². The second-order valence-electron chi connectivity index (χ2n) is 18.0. The van der Waals surface area contributed by atoms with Crippen LogP contribution in [0.5, 0.6) is 0 Å². The molecule has 5 fully saturated rings. The minimum absolute atomic E-state index is 0.0827. The van der Waals surface area contributed by atoms with Gasteiger partial charge in [0.1, 0.15) is 24.4 Å². The quantitative estimate of drug-likeness (QED) is 0.207. The topological polar surface area (TPSA) is 142 Å². The van der Waals surface area contributed by atoms with Gasteiger partial charge in [-0.05, 0) is 105 Å². The molecule has 0 amide bonds. The van der Waals surface area contributed by atoms with E-state index in [0.717, 1.165) is 51.4 Å². The molecule has 16 unspecified atom stereocenters. The number of esters is 4. The van der Waals surface area contributed by atoms with Gasteiger partial charge < -0.3 is 37.9 Å². The Morgan fingerprint density at radius 2 is 0.768 bits per heavy atom. The van der Waals surface area contributed by atoms with E-state index >= 15 is 0 Å². The summed E-state index contributed by atoms with van der Waals surface area (Å²) < 4.78 is 49.6. The van der Waals surface area contributed by atoms with Gasteiger partial charge in [0.05, 0.1) is 72.5 Å². The molecule has 0 N–H and O–H groups in total. The summed E-state index contributed by atoms with van der Waals surface area (Å²) in [7, 11) is 0. The van der Waals surface area contributed by atoms with Crippen molar-refractivity contribution in [3.8, 4) is 0 Å². The Kier molecular flexibility index (Phi) is 16.5. The first-order valence-corrected chi connectivity index (χ1v) is 22.1. The fraction of sp³-hybridized carbons (Fsp3) is 0.909. The van der Waals surface area contributed by atoms with Gasteiger partial charge in [-0.1, -0.05) is 27.7 Å². The summed E-state index contributed by atoms with van der Waals surface area (Å²) >= 11 is 0. The third-order valence-corrected chi connectivity index (χ3v) is 13.2. The summed E-state index contributed by atoms with van der Waals surface area (Å²) in [6.07, 6.45) is 6.68. The predicted molar refractivity (Wildman–Crippen MR) is 207 cm³/mol. The Hall–Kier alpha value is -2.28. The number of hydrogen-bond donors (Lipinski definition) is 0. The van der Waals surface area contributed by atoms with Gasteiger partial charge in [0.2, 0.25) is 0 Å². The average Bonchev–Trinajstić information content (AvgIpc) is 4.01. The summed E-state index contributed by atoms with van der Waals surface area (Å²) in [6, 6.07) is 0. The van der Waals surface area contributed by atoms with E-state index in [2.05, 4.69) is 0 Å². The van der Waals surface area contributed by atoms with Gasteiger partial charge in [0, 0.05) is 25.7 Å². The molecule has 0 aliphatic carbocycles. The first-order valence-electron chi connectivity index (χ1n) is 22.1. The smallest absolute Gasteiger partial charge is 0.311 e. The van der Waals surface area contributed by atoms with Crippen molar-refractivity contribution in [2.75, 3.05) is 0 Å². The second-order valence-corrected chi connectivity index (χ2v) is 18.0. The van der Waals surface area contributed by atoms with Crippen molar-refractivity contribution < 1.29 is 57.1 Å². The van der Waals surface area contributed by atoms with Crippen molar-refractivity contribution in [1.82, 2.24) is 0 Å². The first kappa shape index (κ1) is 44.8. The fourth-order valence-corrected chi connectivity index (χ4v) is 9.13. The highest BCUT2D eigenvalue weighted by Gasteiger charge is 2.42. The summed E-state index contributed by atoms with van der Waals surface area (Å²) in [5.41, 5.74) is 0. The van der Waals surface area contributed by atoms with E-state index in [1.54, 1.807) is 0 Å². The molecule has 0 saturated carbocycles. The lowest BCUT2D eigenvalue weighted by atomic mass is 9.97. The normalized spacial score (nSPS) is 43.0. The Morgan fingerprint density at radius 1 is 0.446 bits per heavy atom. The summed E-state index contributed by atoms with van der Waals surface area (Å²) in [5.74, 6) is -2.81. The lowest BCUT2D eigenvalue weighted by Crippen LogP contribution is -2.35. The van der Waals surface area contributed by atoms with Gasteiger partial charge >= 0.3 is 23.9 Å². The van der Waals surface area contributed by atoms with Crippen LogP contribution in [0.1, 0.15) is 152 Å². The zero-order valence-electron chi connectivity index (χ0n) is 35.6. The van der Waals surface area contributed by atoms with E-state index < -0.39 is 23.7 Å². The summed E-state index contributed by atoms with van der Waals surface area (Å²) in [4.78, 5) is 53.5. The summed E-state index contributed by atoms with van der Waals surface area (Å²) in [6.45, 7) is 17.4. The number of cyclic esters (lactones) is 4. The summed E-state index contributed by atoms with van der Waals surface area (Å²) in [5, 5.41) is 0. The molecule has 5 aliphatic rings. The molecule has 0 aromatic rings. The average molecular weight is 793 g/mol. The SMILES string of the molecule is CCC1CC2CCC(O2)C(C)C(=O)OC(C)CC2CCC(O2)C(C)C(=O)OC(C(C)C)CC2CCC(O2)C(C)C(=O)OC(CC)CC2CCC(O2)C(C)C(=O)O1. The highest BCUT2D eigenvalue weighted by molar-refractivity contribution is 5.74. The third-order valence-electron chi connectivity index (χ3n) is 13.2. The zero-order valence-corrected chi connectivity index (χ0v) is 35.6. The standard InChI is InChI=1S/C44H72O12/c1-10-30-21-33-13-17-36(51-33)26(6)41(45)49-25(5)20-32-12-16-39(50-32)29(9)44(48)56-40(24(3)4)23-35-15-19-38(53-35)28(8)43(47)55-31(11-2)22-34-14-18-37(52-34)27(7)42(46)54-30/h24-40H,10-23H2,1-9H3. The predicted octanol–water partition coefficient (Wildman–Crippen LogP) is 7.44. The van der Waals surface area contributed by atoms with Gasteiger partial charge in [0.25, 0.3) is 0 Å². The minimum atomic E-state index is -0.445. The molecule has 56 heavy (non-hydrogen) atoms. The Morgan fingerprint density at radius 3 is 1.12 bits per heavy atom. The molecule has 5 heterocycles. The highest BCUT2D eigenvalue weighted by atomic mass is 16.6. The highest BCUT2D eigenvalue weighted by Crippen LogP contribution is 2.36. The first-order chi connectivity index (χ1) is 26.6. The fourth-order valence-electron chi connectivity index (χ4n) is 9.13. The molecule has 5 aliphatic heterocycles. The van der Waals surface area contributed by atoms with E-state index in [-0.39, 0.29) is 103 Å². The lowest BCUT2D eigenvalue weighted by molar-refractivity contribution is -0.164. The number of hydrogen-bond acceptors (Lipinski definition) is 12. The van der Waals surface area contributed by atoms with Crippen LogP contribution in [0.3, 0.4) is 0 Å². The minimum Gasteiger partial charge on any atom is -0.462 e. The zero-order chi connectivity index (χ0) is 40.7. The molecule has 8 bridgehead atoms. The van der Waals surface area contributed by atoms with Crippen LogP contribution in [0.4, 0.5) is 0 Å². The molecule has 0 radical (unpaired) electrons. The molecular weight excluding hydrogens is 720 g/mol. The number of rotatable bonds is 3. The molecule has 5 saturated heterocycles. The van der Waals surface area contributed by atoms with Crippen molar-refractivity contribution >= 4 is 23.9 Å². The molecule has 320 valence electrons. The number of ether oxygens (including phenoxy) is 8. The monoisotopic (exact) mass is 793 g/mol. The maximum Gasteiger partial charge on any atom is 0.311 e. The molecule has 0 aromatic heterocycles. The second kappa shape index (κ2) is 20.6. The van der Waals surface area contributed by atoms with Crippen molar-refractivity contribution in [2.24, 2.45) is 29.6 Å². The molecule has 12 heteroatoms. The van der Waals surface area contributed by atoms with Crippen LogP contribution in [0.2, 0.25) is 0 Å². The van der Waals surface area contributed by atoms with Crippen LogP contribution in [0, 0.1) is 29.6 Å². The Labute approximate surface area is 335 Å². The van der Waals surface area contributed by atoms with Gasteiger partial charge in [0.15, 0.2) is 0 Å². The Bertz CT molecular complexity index is 1300. The number of fused-ring (bicyclic) bond motifs is 8. The van der Waals surface area contributed by atoms with Crippen LogP contribution in [-0.4, -0.2) is 97.1 Å². The van der Waals surface area contributed by atoms with Gasteiger partial charge in [-0.2, -0.15) is 0 Å². The molecule has 12 nitrogen and oxygen atoms in total. The van der Waals surface area contributed by atoms with Crippen molar-refractivity contribution in [3.63, 3.8) is 0 Å². The molecule has 0 aromatic carbocycles. The lowest BCUT2D eigenvalue weighted by Gasteiger charge is -2.28. The van der Waals surface area contributed by atoms with Crippen LogP contribution < -0.4 is 0 Å². The van der Waals surface area contributed by atoms with E-state index in [1.807, 2.05) is 62.3 Å². The van der Waals surface area contributed by atoms with E-state index in [9.17, 15) is 19.2 Å². The van der Waals surface area contributed by atoms with E-state index in [0.29, 0.717) is 38.5 Å².